The Hall–Kier alpha value is -0.830. The van der Waals surface area contributed by atoms with Gasteiger partial charge in [0.05, 0.1) is 12.2 Å². The molecule has 3 heteroatoms. The predicted octanol–water partition coefficient (Wildman–Crippen LogP) is 3.44. The van der Waals surface area contributed by atoms with Crippen LogP contribution in [0.3, 0.4) is 0 Å². The molecule has 1 atom stereocenters. The molecule has 0 N–H and O–H groups in total. The third kappa shape index (κ3) is 3.35. The molecule has 1 aliphatic heterocycles. The number of likely N-dealkylation sites (tertiary alicyclic amines) is 1. The molecule has 0 aromatic carbocycles. The molecule has 102 valence electrons. The van der Waals surface area contributed by atoms with Crippen molar-refractivity contribution in [3.05, 3.63) is 18.0 Å². The van der Waals surface area contributed by atoms with Crippen molar-refractivity contribution in [1.82, 2.24) is 14.7 Å². The van der Waals surface area contributed by atoms with Crippen LogP contribution in [0.4, 0.5) is 0 Å². The highest BCUT2D eigenvalue weighted by Gasteiger charge is 2.21. The maximum Gasteiger partial charge on any atom is 0.0646 e. The summed E-state index contributed by atoms with van der Waals surface area (Å²) in [6, 6.07) is 0.586. The van der Waals surface area contributed by atoms with Gasteiger partial charge in [-0.25, -0.2) is 0 Å². The Labute approximate surface area is 111 Å². The van der Waals surface area contributed by atoms with E-state index in [4.69, 9.17) is 0 Å². The molecule has 0 bridgehead atoms. The summed E-state index contributed by atoms with van der Waals surface area (Å²) in [5.41, 5.74) is 1.36. The van der Waals surface area contributed by atoms with Crippen LogP contribution in [-0.4, -0.2) is 34.3 Å². The molecular weight excluding hydrogens is 222 g/mol. The van der Waals surface area contributed by atoms with Crippen LogP contribution in [0, 0.1) is 0 Å². The van der Waals surface area contributed by atoms with Gasteiger partial charge in [-0.3, -0.25) is 4.68 Å². The molecule has 0 radical (unpaired) electrons. The third-order valence-electron chi connectivity index (χ3n) is 3.97. The summed E-state index contributed by atoms with van der Waals surface area (Å²) in [7, 11) is 0. The van der Waals surface area contributed by atoms with Crippen molar-refractivity contribution in [3.63, 3.8) is 0 Å². The van der Waals surface area contributed by atoms with E-state index in [-0.39, 0.29) is 0 Å². The van der Waals surface area contributed by atoms with Crippen molar-refractivity contribution in [1.29, 1.82) is 0 Å². The van der Waals surface area contributed by atoms with Gasteiger partial charge in [-0.2, -0.15) is 5.10 Å². The molecule has 3 nitrogen and oxygen atoms in total. The molecule has 1 saturated heterocycles. The average Bonchev–Trinajstić information content (AvgIpc) is 2.86. The van der Waals surface area contributed by atoms with Gasteiger partial charge in [0.25, 0.3) is 0 Å². The smallest absolute Gasteiger partial charge is 0.0646 e. The molecule has 1 fully saturated rings. The van der Waals surface area contributed by atoms with E-state index in [2.05, 4.69) is 41.6 Å². The van der Waals surface area contributed by atoms with Crippen LogP contribution in [0.15, 0.2) is 12.4 Å². The molecule has 0 spiro atoms. The number of unbranched alkanes of at least 4 members (excludes halogenated alkanes) is 1. The largest absolute Gasteiger partial charge is 0.301 e. The summed E-state index contributed by atoms with van der Waals surface area (Å²) in [6.45, 7) is 10.4. The van der Waals surface area contributed by atoms with Crippen LogP contribution in [0.2, 0.25) is 0 Å². The van der Waals surface area contributed by atoms with Crippen LogP contribution in [0.5, 0.6) is 0 Å². The Morgan fingerprint density at radius 1 is 1.44 bits per heavy atom. The minimum atomic E-state index is 0.582. The molecular formula is C15H27N3. The van der Waals surface area contributed by atoms with Crippen LogP contribution in [0.1, 0.15) is 64.0 Å². The maximum atomic E-state index is 4.57. The van der Waals surface area contributed by atoms with Gasteiger partial charge >= 0.3 is 0 Å². The van der Waals surface area contributed by atoms with Crippen molar-refractivity contribution in [2.45, 2.75) is 58.4 Å². The monoisotopic (exact) mass is 249 g/mol. The lowest BCUT2D eigenvalue weighted by Gasteiger charge is -2.32. The molecule has 1 aromatic heterocycles. The Balaban J connectivity index is 1.94. The number of hydrogen-bond acceptors (Lipinski definition) is 2. The minimum absolute atomic E-state index is 0.582. The first-order valence-electron chi connectivity index (χ1n) is 7.47. The van der Waals surface area contributed by atoms with E-state index in [1.165, 1.54) is 50.9 Å². The summed E-state index contributed by atoms with van der Waals surface area (Å²) < 4.78 is 2.20. The van der Waals surface area contributed by atoms with Gasteiger partial charge in [0.1, 0.15) is 0 Å². The van der Waals surface area contributed by atoms with Gasteiger partial charge in [0, 0.05) is 12.7 Å². The number of piperidine rings is 1. The SMILES string of the molecule is CCCCN1CCCC(n2cc(C(C)C)cn2)C1. The van der Waals surface area contributed by atoms with Crippen LogP contribution >= 0.6 is 0 Å². The molecule has 0 amide bonds. The van der Waals surface area contributed by atoms with Crippen molar-refractivity contribution in [3.8, 4) is 0 Å². The van der Waals surface area contributed by atoms with Crippen molar-refractivity contribution >= 4 is 0 Å². The topological polar surface area (TPSA) is 21.1 Å². The molecule has 2 heterocycles. The van der Waals surface area contributed by atoms with Gasteiger partial charge in [-0.05, 0) is 43.8 Å². The van der Waals surface area contributed by atoms with E-state index in [9.17, 15) is 0 Å². The van der Waals surface area contributed by atoms with Gasteiger partial charge in [0.2, 0.25) is 0 Å². The second-order valence-electron chi connectivity index (χ2n) is 5.86. The number of rotatable bonds is 5. The van der Waals surface area contributed by atoms with Gasteiger partial charge in [-0.15, -0.1) is 0 Å². The van der Waals surface area contributed by atoms with E-state index in [1.54, 1.807) is 0 Å². The van der Waals surface area contributed by atoms with Gasteiger partial charge in [-0.1, -0.05) is 27.2 Å². The second-order valence-corrected chi connectivity index (χ2v) is 5.86. The molecule has 1 aliphatic rings. The zero-order valence-corrected chi connectivity index (χ0v) is 12.1. The lowest BCUT2D eigenvalue weighted by Crippen LogP contribution is -2.37. The summed E-state index contributed by atoms with van der Waals surface area (Å²) in [5.74, 6) is 0.582. The second kappa shape index (κ2) is 6.37. The highest BCUT2D eigenvalue weighted by Crippen LogP contribution is 2.23. The van der Waals surface area contributed by atoms with E-state index in [0.29, 0.717) is 12.0 Å². The normalized spacial score (nSPS) is 21.7. The van der Waals surface area contributed by atoms with E-state index < -0.39 is 0 Å². The van der Waals surface area contributed by atoms with Crippen LogP contribution in [-0.2, 0) is 0 Å². The van der Waals surface area contributed by atoms with Crippen molar-refractivity contribution < 1.29 is 0 Å². The van der Waals surface area contributed by atoms with E-state index >= 15 is 0 Å². The summed E-state index contributed by atoms with van der Waals surface area (Å²) in [5, 5.41) is 4.57. The lowest BCUT2D eigenvalue weighted by atomic mass is 10.1. The summed E-state index contributed by atoms with van der Waals surface area (Å²) in [6.07, 6.45) is 9.49. The fourth-order valence-electron chi connectivity index (χ4n) is 2.68. The molecule has 18 heavy (non-hydrogen) atoms. The standard InChI is InChI=1S/C15H27N3/c1-4-5-8-17-9-6-7-15(12-17)18-11-14(10-16-18)13(2)3/h10-11,13,15H,4-9,12H2,1-3H3. The zero-order valence-electron chi connectivity index (χ0n) is 12.1. The first-order chi connectivity index (χ1) is 8.70. The lowest BCUT2D eigenvalue weighted by molar-refractivity contribution is 0.168. The predicted molar refractivity (Wildman–Crippen MR) is 75.9 cm³/mol. The number of hydrogen-bond donors (Lipinski definition) is 0. The summed E-state index contributed by atoms with van der Waals surface area (Å²) in [4.78, 5) is 2.61. The molecule has 0 saturated carbocycles. The Morgan fingerprint density at radius 3 is 2.94 bits per heavy atom. The first kappa shape index (κ1) is 13.6. The van der Waals surface area contributed by atoms with Crippen molar-refractivity contribution in [2.24, 2.45) is 0 Å². The van der Waals surface area contributed by atoms with E-state index in [0.717, 1.165) is 0 Å². The first-order valence-corrected chi connectivity index (χ1v) is 7.47. The Kier molecular flexibility index (Phi) is 4.81. The molecule has 2 rings (SSSR count). The van der Waals surface area contributed by atoms with Gasteiger partial charge in [0.15, 0.2) is 0 Å². The highest BCUT2D eigenvalue weighted by atomic mass is 15.3. The third-order valence-corrected chi connectivity index (χ3v) is 3.97. The summed E-state index contributed by atoms with van der Waals surface area (Å²) >= 11 is 0. The Bertz CT molecular complexity index is 356. The number of aromatic nitrogens is 2. The van der Waals surface area contributed by atoms with Crippen molar-refractivity contribution in [2.75, 3.05) is 19.6 Å². The van der Waals surface area contributed by atoms with Crippen LogP contribution in [0.25, 0.3) is 0 Å². The fraction of sp³-hybridized carbons (Fsp3) is 0.800. The minimum Gasteiger partial charge on any atom is -0.301 e. The Morgan fingerprint density at radius 2 is 2.28 bits per heavy atom. The van der Waals surface area contributed by atoms with E-state index in [1.807, 2.05) is 6.20 Å². The maximum absolute atomic E-state index is 4.57. The quantitative estimate of drug-likeness (QED) is 0.797. The highest BCUT2D eigenvalue weighted by molar-refractivity contribution is 5.09. The fourth-order valence-corrected chi connectivity index (χ4v) is 2.68. The van der Waals surface area contributed by atoms with Crippen LogP contribution < -0.4 is 0 Å². The molecule has 0 aliphatic carbocycles. The zero-order chi connectivity index (χ0) is 13.0. The molecule has 1 unspecified atom stereocenters. The van der Waals surface area contributed by atoms with Gasteiger partial charge < -0.3 is 4.90 Å². The number of nitrogens with zero attached hydrogens (tertiary/aromatic N) is 3. The molecule has 1 aromatic rings. The average molecular weight is 249 g/mol.